The zero-order valence-electron chi connectivity index (χ0n) is 9.78. The number of hydrogen-bond acceptors (Lipinski definition) is 5. The Labute approximate surface area is 101 Å². The molecule has 16 heavy (non-hydrogen) atoms. The molecule has 1 heterocycles. The lowest BCUT2D eigenvalue weighted by Crippen LogP contribution is -2.30. The van der Waals surface area contributed by atoms with E-state index >= 15 is 0 Å². The van der Waals surface area contributed by atoms with Crippen LogP contribution >= 0.6 is 11.5 Å². The Morgan fingerprint density at radius 3 is 2.75 bits per heavy atom. The molecule has 5 heteroatoms. The third-order valence-electron chi connectivity index (χ3n) is 3.41. The molecule has 0 saturated heterocycles. The van der Waals surface area contributed by atoms with Crippen molar-refractivity contribution in [1.29, 1.82) is 0 Å². The van der Waals surface area contributed by atoms with Gasteiger partial charge in [-0.05, 0) is 25.2 Å². The number of nitrogen functional groups attached to an aromatic ring is 1. The first-order valence-corrected chi connectivity index (χ1v) is 6.92. The first-order chi connectivity index (χ1) is 7.79. The van der Waals surface area contributed by atoms with Crippen LogP contribution in [0.3, 0.4) is 0 Å². The second-order valence-electron chi connectivity index (χ2n) is 4.51. The fourth-order valence-corrected chi connectivity index (χ4v) is 3.10. The fourth-order valence-electron chi connectivity index (χ4n) is 2.54. The van der Waals surface area contributed by atoms with E-state index in [1.807, 2.05) is 0 Å². The SMILES string of the molecule is CCC(Nc1nc(N)ns1)C1CCCCC1. The van der Waals surface area contributed by atoms with Gasteiger partial charge in [0.1, 0.15) is 0 Å². The van der Waals surface area contributed by atoms with E-state index in [4.69, 9.17) is 5.73 Å². The summed E-state index contributed by atoms with van der Waals surface area (Å²) in [4.78, 5) is 4.17. The van der Waals surface area contributed by atoms with Crippen LogP contribution in [0, 0.1) is 5.92 Å². The zero-order chi connectivity index (χ0) is 11.4. The molecule has 90 valence electrons. The van der Waals surface area contributed by atoms with Gasteiger partial charge in [0.05, 0.1) is 0 Å². The molecule has 0 amide bonds. The number of anilines is 2. The van der Waals surface area contributed by atoms with Crippen LogP contribution in [0.15, 0.2) is 0 Å². The van der Waals surface area contributed by atoms with Crippen molar-refractivity contribution in [1.82, 2.24) is 9.36 Å². The average molecular weight is 240 g/mol. The highest BCUT2D eigenvalue weighted by atomic mass is 32.1. The highest BCUT2D eigenvalue weighted by Gasteiger charge is 2.22. The van der Waals surface area contributed by atoms with E-state index in [9.17, 15) is 0 Å². The van der Waals surface area contributed by atoms with Crippen molar-refractivity contribution in [3.8, 4) is 0 Å². The van der Waals surface area contributed by atoms with Crippen LogP contribution in [0.25, 0.3) is 0 Å². The van der Waals surface area contributed by atoms with Crippen molar-refractivity contribution < 1.29 is 0 Å². The third-order valence-corrected chi connectivity index (χ3v) is 4.07. The molecule has 3 N–H and O–H groups in total. The Morgan fingerprint density at radius 2 is 2.19 bits per heavy atom. The summed E-state index contributed by atoms with van der Waals surface area (Å²) in [6.07, 6.45) is 7.99. The summed E-state index contributed by atoms with van der Waals surface area (Å²) in [5.74, 6) is 1.18. The standard InChI is InChI=1S/C11H20N4S/c1-2-9(8-6-4-3-5-7-8)13-11-14-10(12)15-16-11/h8-9H,2-7H2,1H3,(H3,12,13,14,15). The monoisotopic (exact) mass is 240 g/mol. The number of nitrogens with one attached hydrogen (secondary N) is 1. The van der Waals surface area contributed by atoms with E-state index in [2.05, 4.69) is 21.6 Å². The fraction of sp³-hybridized carbons (Fsp3) is 0.818. The summed E-state index contributed by atoms with van der Waals surface area (Å²) in [6, 6.07) is 0.535. The minimum atomic E-state index is 0.381. The largest absolute Gasteiger partial charge is 0.367 e. The molecule has 1 aliphatic rings. The lowest BCUT2D eigenvalue weighted by molar-refractivity contribution is 0.313. The lowest BCUT2D eigenvalue weighted by Gasteiger charge is -2.29. The minimum absolute atomic E-state index is 0.381. The van der Waals surface area contributed by atoms with Crippen molar-refractivity contribution in [2.75, 3.05) is 11.1 Å². The first kappa shape index (κ1) is 11.6. The topological polar surface area (TPSA) is 63.8 Å². The quantitative estimate of drug-likeness (QED) is 0.849. The molecule has 1 atom stereocenters. The Bertz CT molecular complexity index is 320. The van der Waals surface area contributed by atoms with E-state index in [-0.39, 0.29) is 0 Å². The highest BCUT2D eigenvalue weighted by molar-refractivity contribution is 7.09. The second-order valence-corrected chi connectivity index (χ2v) is 5.27. The van der Waals surface area contributed by atoms with Gasteiger partial charge in [-0.1, -0.05) is 26.2 Å². The van der Waals surface area contributed by atoms with Gasteiger partial charge in [-0.15, -0.1) is 0 Å². The van der Waals surface area contributed by atoms with E-state index in [0.29, 0.717) is 12.0 Å². The third kappa shape index (κ3) is 2.84. The Hall–Kier alpha value is -0.840. The van der Waals surface area contributed by atoms with Crippen LogP contribution in [0.5, 0.6) is 0 Å². The molecule has 0 aliphatic heterocycles. The van der Waals surface area contributed by atoms with Gasteiger partial charge in [0.2, 0.25) is 11.1 Å². The number of aromatic nitrogens is 2. The number of nitrogens with zero attached hydrogens (tertiary/aromatic N) is 2. The molecular formula is C11H20N4S. The number of rotatable bonds is 4. The zero-order valence-corrected chi connectivity index (χ0v) is 10.6. The van der Waals surface area contributed by atoms with Crippen molar-refractivity contribution in [2.24, 2.45) is 5.92 Å². The Balaban J connectivity index is 1.94. The Kier molecular flexibility index (Phi) is 3.98. The van der Waals surface area contributed by atoms with E-state index in [1.165, 1.54) is 43.6 Å². The molecule has 1 aromatic heterocycles. The maximum absolute atomic E-state index is 5.52. The predicted molar refractivity (Wildman–Crippen MR) is 68.6 cm³/mol. The minimum Gasteiger partial charge on any atom is -0.367 e. The summed E-state index contributed by atoms with van der Waals surface area (Å²) >= 11 is 1.36. The number of nitrogens with two attached hydrogens (primary N) is 1. The van der Waals surface area contributed by atoms with Crippen molar-refractivity contribution in [3.05, 3.63) is 0 Å². The van der Waals surface area contributed by atoms with Gasteiger partial charge in [-0.3, -0.25) is 0 Å². The second kappa shape index (κ2) is 5.48. The molecule has 1 saturated carbocycles. The van der Waals surface area contributed by atoms with Crippen molar-refractivity contribution >= 4 is 22.6 Å². The lowest BCUT2D eigenvalue weighted by atomic mass is 9.83. The van der Waals surface area contributed by atoms with Crippen LogP contribution < -0.4 is 11.1 Å². The van der Waals surface area contributed by atoms with Crippen molar-refractivity contribution in [2.45, 2.75) is 51.5 Å². The van der Waals surface area contributed by atoms with Crippen LogP contribution in [0.4, 0.5) is 11.1 Å². The van der Waals surface area contributed by atoms with Gasteiger partial charge in [-0.2, -0.15) is 9.36 Å². The molecule has 0 spiro atoms. The molecule has 1 aliphatic carbocycles. The number of hydrogen-bond donors (Lipinski definition) is 2. The van der Waals surface area contributed by atoms with Crippen LogP contribution in [0.2, 0.25) is 0 Å². The normalized spacial score (nSPS) is 19.6. The van der Waals surface area contributed by atoms with Crippen molar-refractivity contribution in [3.63, 3.8) is 0 Å². The molecule has 1 fully saturated rings. The smallest absolute Gasteiger partial charge is 0.233 e. The molecular weight excluding hydrogens is 220 g/mol. The summed E-state index contributed by atoms with van der Waals surface area (Å²) < 4.78 is 3.99. The van der Waals surface area contributed by atoms with Crippen LogP contribution in [-0.2, 0) is 0 Å². The molecule has 4 nitrogen and oxygen atoms in total. The summed E-state index contributed by atoms with van der Waals surface area (Å²) in [6.45, 7) is 2.23. The predicted octanol–water partition coefficient (Wildman–Crippen LogP) is 2.89. The molecule has 0 bridgehead atoms. The van der Waals surface area contributed by atoms with Gasteiger partial charge in [0.15, 0.2) is 0 Å². The van der Waals surface area contributed by atoms with Crippen LogP contribution in [0.1, 0.15) is 45.4 Å². The first-order valence-electron chi connectivity index (χ1n) is 6.15. The summed E-state index contributed by atoms with van der Waals surface area (Å²) in [5.41, 5.74) is 5.52. The molecule has 1 unspecified atom stereocenters. The van der Waals surface area contributed by atoms with Gasteiger partial charge in [0, 0.05) is 17.6 Å². The van der Waals surface area contributed by atoms with E-state index < -0.39 is 0 Å². The maximum atomic E-state index is 5.52. The molecule has 2 rings (SSSR count). The van der Waals surface area contributed by atoms with Crippen LogP contribution in [-0.4, -0.2) is 15.4 Å². The maximum Gasteiger partial charge on any atom is 0.233 e. The van der Waals surface area contributed by atoms with E-state index in [0.717, 1.165) is 17.5 Å². The Morgan fingerprint density at radius 1 is 1.44 bits per heavy atom. The van der Waals surface area contributed by atoms with E-state index in [1.54, 1.807) is 0 Å². The summed E-state index contributed by atoms with van der Waals surface area (Å²) in [5, 5.41) is 4.35. The highest BCUT2D eigenvalue weighted by Crippen LogP contribution is 2.29. The summed E-state index contributed by atoms with van der Waals surface area (Å²) in [7, 11) is 0. The molecule has 0 radical (unpaired) electrons. The van der Waals surface area contributed by atoms with Gasteiger partial charge >= 0.3 is 0 Å². The average Bonchev–Trinajstić information content (AvgIpc) is 2.73. The molecule has 1 aromatic rings. The van der Waals surface area contributed by atoms with Gasteiger partial charge in [-0.25, -0.2) is 0 Å². The van der Waals surface area contributed by atoms with Gasteiger partial charge in [0.25, 0.3) is 0 Å². The van der Waals surface area contributed by atoms with Gasteiger partial charge < -0.3 is 11.1 Å². The molecule has 0 aromatic carbocycles.